The second kappa shape index (κ2) is 7.85. The second-order valence-electron chi connectivity index (χ2n) is 6.36. The molecule has 27 heavy (non-hydrogen) atoms. The van der Waals surface area contributed by atoms with Crippen LogP contribution in [0.25, 0.3) is 0 Å². The molecular formula is C19H21F3N2O3. The number of aryl methyl sites for hydroxylation is 1. The number of benzene rings is 1. The number of carbonyl (C=O) groups excluding carboxylic acids is 2. The molecule has 0 radical (unpaired) electrons. The molecule has 0 spiro atoms. The van der Waals surface area contributed by atoms with Gasteiger partial charge in [-0.25, -0.2) is 0 Å². The summed E-state index contributed by atoms with van der Waals surface area (Å²) in [6.45, 7) is 6.25. The number of nitrogens with one attached hydrogen (secondary N) is 2. The van der Waals surface area contributed by atoms with Crippen LogP contribution in [0.4, 0.5) is 13.2 Å². The predicted molar refractivity (Wildman–Crippen MR) is 94.1 cm³/mol. The molecule has 0 saturated carbocycles. The van der Waals surface area contributed by atoms with Crippen LogP contribution in [0, 0.1) is 13.8 Å². The minimum absolute atomic E-state index is 0.142. The van der Waals surface area contributed by atoms with Crippen molar-refractivity contribution < 1.29 is 27.5 Å². The van der Waals surface area contributed by atoms with Gasteiger partial charge in [-0.1, -0.05) is 12.1 Å². The Bertz CT molecular complexity index is 856. The predicted octanol–water partition coefficient (Wildman–Crippen LogP) is 4.05. The first kappa shape index (κ1) is 20.5. The number of carbonyl (C=O) groups is 2. The minimum atomic E-state index is -4.52. The summed E-state index contributed by atoms with van der Waals surface area (Å²) in [7, 11) is 0. The largest absolute Gasteiger partial charge is 0.491 e. The van der Waals surface area contributed by atoms with Crippen molar-refractivity contribution in [2.45, 2.75) is 39.9 Å². The molecule has 0 aliphatic rings. The number of aromatic amines is 1. The maximum absolute atomic E-state index is 13.0. The summed E-state index contributed by atoms with van der Waals surface area (Å²) in [6, 6.07) is 4.34. The van der Waals surface area contributed by atoms with Gasteiger partial charge in [-0.3, -0.25) is 9.59 Å². The molecule has 0 bridgehead atoms. The van der Waals surface area contributed by atoms with Crippen molar-refractivity contribution in [1.29, 1.82) is 0 Å². The smallest absolute Gasteiger partial charge is 0.419 e. The lowest BCUT2D eigenvalue weighted by atomic mass is 10.1. The van der Waals surface area contributed by atoms with Gasteiger partial charge in [-0.05, 0) is 45.4 Å². The third kappa shape index (κ3) is 4.69. The third-order valence-electron chi connectivity index (χ3n) is 4.08. The van der Waals surface area contributed by atoms with Crippen molar-refractivity contribution in [2.75, 3.05) is 6.61 Å². The van der Waals surface area contributed by atoms with Gasteiger partial charge in [-0.2, -0.15) is 13.2 Å². The Hall–Kier alpha value is -2.77. The van der Waals surface area contributed by atoms with Crippen molar-refractivity contribution in [1.82, 2.24) is 10.3 Å². The van der Waals surface area contributed by atoms with Gasteiger partial charge in [0.15, 0.2) is 5.78 Å². The van der Waals surface area contributed by atoms with Crippen LogP contribution in [0.15, 0.2) is 24.3 Å². The number of rotatable bonds is 6. The van der Waals surface area contributed by atoms with E-state index in [0.717, 1.165) is 6.07 Å². The summed E-state index contributed by atoms with van der Waals surface area (Å²) in [5.41, 5.74) is 0.968. The SMILES string of the molecule is CC(=O)c1c(C)[nH]c(C(=O)NC(C)COc2ccccc2C(F)(F)F)c1C. The molecule has 5 nitrogen and oxygen atoms in total. The fourth-order valence-corrected chi connectivity index (χ4v) is 2.88. The molecule has 2 rings (SSSR count). The van der Waals surface area contributed by atoms with E-state index in [1.165, 1.54) is 25.1 Å². The second-order valence-corrected chi connectivity index (χ2v) is 6.36. The van der Waals surface area contributed by atoms with Gasteiger partial charge in [0.1, 0.15) is 18.1 Å². The van der Waals surface area contributed by atoms with Gasteiger partial charge in [0.2, 0.25) is 0 Å². The zero-order chi connectivity index (χ0) is 20.4. The number of ether oxygens (including phenoxy) is 1. The molecule has 146 valence electrons. The molecule has 1 unspecified atom stereocenters. The van der Waals surface area contributed by atoms with E-state index >= 15 is 0 Å². The number of hydrogen-bond donors (Lipinski definition) is 2. The summed E-state index contributed by atoms with van der Waals surface area (Å²) in [6.07, 6.45) is -4.52. The molecule has 1 heterocycles. The van der Waals surface area contributed by atoms with E-state index < -0.39 is 23.7 Å². The van der Waals surface area contributed by atoms with Crippen LogP contribution in [0.2, 0.25) is 0 Å². The van der Waals surface area contributed by atoms with Crippen molar-refractivity contribution in [3.05, 3.63) is 52.3 Å². The summed E-state index contributed by atoms with van der Waals surface area (Å²) in [5, 5.41) is 2.66. The standard InChI is InChI=1S/C19H21F3N2O3/c1-10(9-27-15-8-6-5-7-14(15)19(20,21)22)23-18(26)17-11(2)16(13(4)25)12(3)24-17/h5-8,10,24H,9H2,1-4H3,(H,23,26). The third-order valence-corrected chi connectivity index (χ3v) is 4.08. The molecule has 1 atom stereocenters. The van der Waals surface area contributed by atoms with Gasteiger partial charge in [0.05, 0.1) is 11.6 Å². The van der Waals surface area contributed by atoms with Crippen molar-refractivity contribution >= 4 is 11.7 Å². The molecule has 1 aromatic heterocycles. The van der Waals surface area contributed by atoms with Crippen LogP contribution in [-0.4, -0.2) is 29.3 Å². The summed E-state index contributed by atoms with van der Waals surface area (Å²) in [5.74, 6) is -0.902. The van der Waals surface area contributed by atoms with E-state index in [0.29, 0.717) is 16.8 Å². The molecule has 0 saturated heterocycles. The monoisotopic (exact) mass is 382 g/mol. The number of Topliss-reactive ketones (excluding diaryl/α,β-unsaturated/α-hetero) is 1. The topological polar surface area (TPSA) is 71.2 Å². The van der Waals surface area contributed by atoms with Crippen LogP contribution in [0.1, 0.15) is 51.5 Å². The lowest BCUT2D eigenvalue weighted by Crippen LogP contribution is -2.37. The maximum atomic E-state index is 13.0. The quantitative estimate of drug-likeness (QED) is 0.741. The highest BCUT2D eigenvalue weighted by Gasteiger charge is 2.34. The number of H-pyrrole nitrogens is 1. The van der Waals surface area contributed by atoms with Crippen molar-refractivity contribution in [2.24, 2.45) is 0 Å². The molecule has 0 fully saturated rings. The van der Waals surface area contributed by atoms with E-state index in [1.807, 2.05) is 0 Å². The van der Waals surface area contributed by atoms with E-state index in [2.05, 4.69) is 10.3 Å². The van der Waals surface area contributed by atoms with Crippen LogP contribution in [0.3, 0.4) is 0 Å². The van der Waals surface area contributed by atoms with E-state index in [9.17, 15) is 22.8 Å². The molecule has 1 amide bonds. The van der Waals surface area contributed by atoms with Crippen LogP contribution < -0.4 is 10.1 Å². The number of amides is 1. The Labute approximate surface area is 154 Å². The number of hydrogen-bond acceptors (Lipinski definition) is 3. The Morgan fingerprint density at radius 2 is 1.85 bits per heavy atom. The van der Waals surface area contributed by atoms with Crippen LogP contribution >= 0.6 is 0 Å². The summed E-state index contributed by atoms with van der Waals surface area (Å²) < 4.78 is 44.2. The molecule has 2 aromatic rings. The van der Waals surface area contributed by atoms with Crippen LogP contribution in [-0.2, 0) is 6.18 Å². The number of aromatic nitrogens is 1. The van der Waals surface area contributed by atoms with E-state index in [4.69, 9.17) is 4.74 Å². The maximum Gasteiger partial charge on any atom is 0.419 e. The van der Waals surface area contributed by atoms with Gasteiger partial charge in [0, 0.05) is 11.3 Å². The molecule has 1 aromatic carbocycles. The normalized spacial score (nSPS) is 12.6. The first-order chi connectivity index (χ1) is 12.5. The Morgan fingerprint density at radius 3 is 2.41 bits per heavy atom. The number of halogens is 3. The average molecular weight is 382 g/mol. The molecule has 0 aliphatic carbocycles. The highest BCUT2D eigenvalue weighted by atomic mass is 19.4. The zero-order valence-electron chi connectivity index (χ0n) is 15.5. The number of ketones is 1. The highest BCUT2D eigenvalue weighted by molar-refractivity contribution is 6.02. The van der Waals surface area contributed by atoms with E-state index in [-0.39, 0.29) is 23.8 Å². The van der Waals surface area contributed by atoms with Gasteiger partial charge < -0.3 is 15.0 Å². The van der Waals surface area contributed by atoms with Crippen LogP contribution in [0.5, 0.6) is 5.75 Å². The Balaban J connectivity index is 2.05. The van der Waals surface area contributed by atoms with Gasteiger partial charge in [-0.15, -0.1) is 0 Å². The molecule has 2 N–H and O–H groups in total. The highest BCUT2D eigenvalue weighted by Crippen LogP contribution is 2.35. The molecular weight excluding hydrogens is 361 g/mol. The molecule has 0 aliphatic heterocycles. The number of alkyl halides is 3. The zero-order valence-corrected chi connectivity index (χ0v) is 15.5. The molecule has 8 heteroatoms. The fourth-order valence-electron chi connectivity index (χ4n) is 2.88. The minimum Gasteiger partial charge on any atom is -0.491 e. The summed E-state index contributed by atoms with van der Waals surface area (Å²) >= 11 is 0. The van der Waals surface area contributed by atoms with Crippen molar-refractivity contribution in [3.8, 4) is 5.75 Å². The summed E-state index contributed by atoms with van der Waals surface area (Å²) in [4.78, 5) is 26.9. The fraction of sp³-hybridized carbons (Fsp3) is 0.368. The first-order valence-corrected chi connectivity index (χ1v) is 8.32. The van der Waals surface area contributed by atoms with E-state index in [1.54, 1.807) is 20.8 Å². The van der Waals surface area contributed by atoms with Crippen molar-refractivity contribution in [3.63, 3.8) is 0 Å². The van der Waals surface area contributed by atoms with Gasteiger partial charge >= 0.3 is 6.18 Å². The van der Waals surface area contributed by atoms with Gasteiger partial charge in [0.25, 0.3) is 5.91 Å². The average Bonchev–Trinajstić information content (AvgIpc) is 2.87. The lowest BCUT2D eigenvalue weighted by molar-refractivity contribution is -0.139. The lowest BCUT2D eigenvalue weighted by Gasteiger charge is -2.18. The Morgan fingerprint density at radius 1 is 1.22 bits per heavy atom. The Kier molecular flexibility index (Phi) is 5.98. The number of para-hydroxylation sites is 1. The first-order valence-electron chi connectivity index (χ1n) is 8.32.